The molecule has 0 aromatic heterocycles. The fourth-order valence-corrected chi connectivity index (χ4v) is 2.18. The fraction of sp³-hybridized carbons (Fsp3) is 0.0714. The first-order valence-corrected chi connectivity index (χ1v) is 6.71. The van der Waals surface area contributed by atoms with Crippen LogP contribution in [-0.4, -0.2) is 11.0 Å². The second-order valence-corrected chi connectivity index (χ2v) is 5.29. The maximum atomic E-state index is 12.1. The molecule has 0 heterocycles. The number of carbonyl (C=O) groups is 1. The number of hydrogen-bond donors (Lipinski definition) is 2. The third kappa shape index (κ3) is 3.08. The number of benzene rings is 2. The van der Waals surface area contributed by atoms with E-state index in [-0.39, 0.29) is 16.7 Å². The Morgan fingerprint density at radius 1 is 1.32 bits per heavy atom. The van der Waals surface area contributed by atoms with E-state index in [4.69, 9.17) is 11.6 Å². The summed E-state index contributed by atoms with van der Waals surface area (Å²) in [6.07, 6.45) is 0. The summed E-state index contributed by atoms with van der Waals surface area (Å²) in [5, 5.41) is 12.3. The van der Waals surface area contributed by atoms with E-state index in [2.05, 4.69) is 21.2 Å². The van der Waals surface area contributed by atoms with Crippen LogP contribution in [0.4, 0.5) is 5.69 Å². The number of aromatic hydroxyl groups is 1. The van der Waals surface area contributed by atoms with Gasteiger partial charge in [-0.05, 0) is 42.8 Å². The normalized spacial score (nSPS) is 10.3. The molecule has 0 unspecified atom stereocenters. The van der Waals surface area contributed by atoms with Crippen molar-refractivity contribution < 1.29 is 9.90 Å². The van der Waals surface area contributed by atoms with Gasteiger partial charge in [0, 0.05) is 15.7 Å². The molecular weight excluding hydrogens is 330 g/mol. The lowest BCUT2D eigenvalue weighted by molar-refractivity contribution is 0.102. The zero-order valence-corrected chi connectivity index (χ0v) is 12.4. The van der Waals surface area contributed by atoms with Crippen LogP contribution in [0, 0.1) is 6.92 Å². The van der Waals surface area contributed by atoms with Gasteiger partial charge in [-0.3, -0.25) is 4.79 Å². The standard InChI is InChI=1S/C14H11BrClNO2/c1-8-10(3-2-4-11(8)15)14(19)17-9-5-6-13(18)12(16)7-9/h2-7,18H,1H3,(H,17,19). The third-order valence-electron chi connectivity index (χ3n) is 2.72. The lowest BCUT2D eigenvalue weighted by Gasteiger charge is -2.09. The van der Waals surface area contributed by atoms with Gasteiger partial charge in [-0.1, -0.05) is 33.6 Å². The van der Waals surface area contributed by atoms with Gasteiger partial charge in [0.15, 0.2) is 0 Å². The molecule has 2 rings (SSSR count). The van der Waals surface area contributed by atoms with Crippen molar-refractivity contribution in [3.05, 3.63) is 57.0 Å². The lowest BCUT2D eigenvalue weighted by Crippen LogP contribution is -2.13. The van der Waals surface area contributed by atoms with Crippen LogP contribution in [0.25, 0.3) is 0 Å². The molecule has 2 N–H and O–H groups in total. The summed E-state index contributed by atoms with van der Waals surface area (Å²) in [4.78, 5) is 12.1. The lowest BCUT2D eigenvalue weighted by atomic mass is 10.1. The molecule has 0 atom stereocenters. The maximum Gasteiger partial charge on any atom is 0.255 e. The molecule has 2 aromatic carbocycles. The summed E-state index contributed by atoms with van der Waals surface area (Å²) in [5.74, 6) is -0.237. The van der Waals surface area contributed by atoms with Gasteiger partial charge in [-0.2, -0.15) is 0 Å². The molecule has 0 aliphatic carbocycles. The van der Waals surface area contributed by atoms with Crippen LogP contribution in [0.15, 0.2) is 40.9 Å². The predicted octanol–water partition coefficient (Wildman–Crippen LogP) is 4.37. The van der Waals surface area contributed by atoms with E-state index in [1.54, 1.807) is 18.2 Å². The van der Waals surface area contributed by atoms with E-state index in [1.165, 1.54) is 12.1 Å². The monoisotopic (exact) mass is 339 g/mol. The highest BCUT2D eigenvalue weighted by molar-refractivity contribution is 9.10. The number of rotatable bonds is 2. The zero-order chi connectivity index (χ0) is 14.0. The summed E-state index contributed by atoms with van der Waals surface area (Å²) in [6.45, 7) is 1.86. The molecule has 5 heteroatoms. The van der Waals surface area contributed by atoms with Crippen LogP contribution < -0.4 is 5.32 Å². The Morgan fingerprint density at radius 3 is 2.74 bits per heavy atom. The Kier molecular flexibility index (Phi) is 4.12. The number of hydrogen-bond acceptors (Lipinski definition) is 2. The number of carbonyl (C=O) groups excluding carboxylic acids is 1. The Morgan fingerprint density at radius 2 is 2.05 bits per heavy atom. The highest BCUT2D eigenvalue weighted by Gasteiger charge is 2.11. The molecule has 0 spiro atoms. The second kappa shape index (κ2) is 5.63. The summed E-state index contributed by atoms with van der Waals surface area (Å²) < 4.78 is 0.879. The molecule has 0 saturated carbocycles. The average molecular weight is 341 g/mol. The SMILES string of the molecule is Cc1c(Br)cccc1C(=O)Nc1ccc(O)c(Cl)c1. The quantitative estimate of drug-likeness (QED) is 0.798. The van der Waals surface area contributed by atoms with E-state index < -0.39 is 0 Å². The largest absolute Gasteiger partial charge is 0.506 e. The van der Waals surface area contributed by atoms with Crippen molar-refractivity contribution in [2.75, 3.05) is 5.32 Å². The molecular formula is C14H11BrClNO2. The molecule has 0 aliphatic rings. The van der Waals surface area contributed by atoms with E-state index in [0.717, 1.165) is 10.0 Å². The highest BCUT2D eigenvalue weighted by Crippen LogP contribution is 2.27. The molecule has 0 saturated heterocycles. The smallest absolute Gasteiger partial charge is 0.255 e. The summed E-state index contributed by atoms with van der Waals surface area (Å²) in [6, 6.07) is 9.96. The fourth-order valence-electron chi connectivity index (χ4n) is 1.64. The number of phenols is 1. The molecule has 0 bridgehead atoms. The molecule has 0 fully saturated rings. The number of amides is 1. The third-order valence-corrected chi connectivity index (χ3v) is 3.88. The Balaban J connectivity index is 2.26. The first-order chi connectivity index (χ1) is 8.99. The van der Waals surface area contributed by atoms with Gasteiger partial charge in [0.1, 0.15) is 5.75 Å². The first-order valence-electron chi connectivity index (χ1n) is 5.54. The summed E-state index contributed by atoms with van der Waals surface area (Å²) >= 11 is 9.18. The summed E-state index contributed by atoms with van der Waals surface area (Å²) in [5.41, 5.74) is 1.98. The van der Waals surface area contributed by atoms with Crippen LogP contribution in [0.3, 0.4) is 0 Å². The number of anilines is 1. The van der Waals surface area contributed by atoms with Gasteiger partial charge in [-0.25, -0.2) is 0 Å². The molecule has 19 heavy (non-hydrogen) atoms. The van der Waals surface area contributed by atoms with E-state index >= 15 is 0 Å². The van der Waals surface area contributed by atoms with Gasteiger partial charge in [0.2, 0.25) is 0 Å². The maximum absolute atomic E-state index is 12.1. The van der Waals surface area contributed by atoms with Crippen molar-refractivity contribution in [3.63, 3.8) is 0 Å². The molecule has 98 valence electrons. The van der Waals surface area contributed by atoms with Gasteiger partial charge >= 0.3 is 0 Å². The topological polar surface area (TPSA) is 49.3 Å². The van der Waals surface area contributed by atoms with Crippen LogP contribution >= 0.6 is 27.5 Å². The van der Waals surface area contributed by atoms with Crippen LogP contribution in [-0.2, 0) is 0 Å². The van der Waals surface area contributed by atoms with E-state index in [1.807, 2.05) is 13.0 Å². The van der Waals surface area contributed by atoms with Gasteiger partial charge in [0.25, 0.3) is 5.91 Å². The Labute approximate surface area is 124 Å². The van der Waals surface area contributed by atoms with Crippen LogP contribution in [0.1, 0.15) is 15.9 Å². The molecule has 2 aromatic rings. The van der Waals surface area contributed by atoms with E-state index in [0.29, 0.717) is 11.3 Å². The summed E-state index contributed by atoms with van der Waals surface area (Å²) in [7, 11) is 0. The molecule has 3 nitrogen and oxygen atoms in total. The second-order valence-electron chi connectivity index (χ2n) is 4.03. The van der Waals surface area contributed by atoms with Gasteiger partial charge in [0.05, 0.1) is 5.02 Å². The Hall–Kier alpha value is -1.52. The zero-order valence-electron chi connectivity index (χ0n) is 10.1. The van der Waals surface area contributed by atoms with Crippen molar-refractivity contribution in [1.82, 2.24) is 0 Å². The Bertz CT molecular complexity index is 643. The number of halogens is 2. The van der Waals surface area contributed by atoms with Crippen molar-refractivity contribution in [2.24, 2.45) is 0 Å². The predicted molar refractivity (Wildman–Crippen MR) is 79.9 cm³/mol. The van der Waals surface area contributed by atoms with Crippen molar-refractivity contribution >= 4 is 39.1 Å². The molecule has 0 radical (unpaired) electrons. The minimum absolute atomic E-state index is 0.0155. The number of nitrogens with one attached hydrogen (secondary N) is 1. The van der Waals surface area contributed by atoms with Gasteiger partial charge in [-0.15, -0.1) is 0 Å². The average Bonchev–Trinajstić information content (AvgIpc) is 2.37. The molecule has 0 aliphatic heterocycles. The number of phenolic OH excluding ortho intramolecular Hbond substituents is 1. The van der Waals surface area contributed by atoms with E-state index in [9.17, 15) is 9.90 Å². The van der Waals surface area contributed by atoms with Crippen molar-refractivity contribution in [1.29, 1.82) is 0 Å². The van der Waals surface area contributed by atoms with Crippen LogP contribution in [0.5, 0.6) is 5.75 Å². The van der Waals surface area contributed by atoms with Crippen LogP contribution in [0.2, 0.25) is 5.02 Å². The highest BCUT2D eigenvalue weighted by atomic mass is 79.9. The van der Waals surface area contributed by atoms with Crippen molar-refractivity contribution in [3.8, 4) is 5.75 Å². The molecule has 1 amide bonds. The van der Waals surface area contributed by atoms with Crippen molar-refractivity contribution in [2.45, 2.75) is 6.92 Å². The van der Waals surface area contributed by atoms with Gasteiger partial charge < -0.3 is 10.4 Å². The minimum atomic E-state index is -0.222. The minimum Gasteiger partial charge on any atom is -0.506 e. The first kappa shape index (κ1) is 13.9.